The highest BCUT2D eigenvalue weighted by molar-refractivity contribution is 7.86. The van der Waals surface area contributed by atoms with Crippen molar-refractivity contribution < 1.29 is 8.42 Å². The van der Waals surface area contributed by atoms with Crippen molar-refractivity contribution in [3.05, 3.63) is 35.4 Å². The maximum absolute atomic E-state index is 12.8. The fourth-order valence-corrected chi connectivity index (χ4v) is 5.01. The van der Waals surface area contributed by atoms with Crippen LogP contribution < -0.4 is 5.73 Å². The quantitative estimate of drug-likeness (QED) is 0.903. The summed E-state index contributed by atoms with van der Waals surface area (Å²) in [6.45, 7) is 2.05. The van der Waals surface area contributed by atoms with Crippen LogP contribution in [0.2, 0.25) is 0 Å². The van der Waals surface area contributed by atoms with Crippen molar-refractivity contribution >= 4 is 22.6 Å². The molecule has 0 radical (unpaired) electrons. The Morgan fingerprint density at radius 1 is 1.19 bits per heavy atom. The van der Waals surface area contributed by atoms with E-state index < -0.39 is 10.2 Å². The second kappa shape index (κ2) is 6.62. The average molecular weight is 332 g/mol. The molecule has 1 saturated heterocycles. The summed E-state index contributed by atoms with van der Waals surface area (Å²) in [5.74, 6) is 0. The van der Waals surface area contributed by atoms with Crippen LogP contribution in [0.15, 0.2) is 24.3 Å². The molecule has 0 saturated carbocycles. The molecule has 0 bridgehead atoms. The standard InChI is InChI=1S/C14H21N3O2S.ClH/c15-10-14-6-3-8-17(14)20(18,19)16-9-7-12-4-1-2-5-13(12)11-16;/h1-2,4-5,14H,3,6-11,15H2;1H. The lowest BCUT2D eigenvalue weighted by Gasteiger charge is -2.33. The Kier molecular flexibility index (Phi) is 5.27. The molecule has 1 aromatic carbocycles. The minimum absolute atomic E-state index is 0. The van der Waals surface area contributed by atoms with Crippen LogP contribution in [0.25, 0.3) is 0 Å². The molecule has 3 rings (SSSR count). The summed E-state index contributed by atoms with van der Waals surface area (Å²) >= 11 is 0. The van der Waals surface area contributed by atoms with E-state index in [0.29, 0.717) is 26.2 Å². The molecule has 0 spiro atoms. The van der Waals surface area contributed by atoms with Gasteiger partial charge in [0.1, 0.15) is 0 Å². The first-order valence-electron chi connectivity index (χ1n) is 7.16. The molecular weight excluding hydrogens is 310 g/mol. The molecule has 5 nitrogen and oxygen atoms in total. The number of hydrogen-bond donors (Lipinski definition) is 1. The Hall–Kier alpha value is -0.660. The van der Waals surface area contributed by atoms with Gasteiger partial charge in [-0.1, -0.05) is 24.3 Å². The topological polar surface area (TPSA) is 66.6 Å². The van der Waals surface area contributed by atoms with E-state index in [-0.39, 0.29) is 18.4 Å². The summed E-state index contributed by atoms with van der Waals surface area (Å²) in [6.07, 6.45) is 2.57. The minimum Gasteiger partial charge on any atom is -0.329 e. The van der Waals surface area contributed by atoms with Crippen molar-refractivity contribution in [2.45, 2.75) is 31.8 Å². The zero-order valence-electron chi connectivity index (χ0n) is 11.9. The molecule has 2 heterocycles. The summed E-state index contributed by atoms with van der Waals surface area (Å²) in [5.41, 5.74) is 8.08. The van der Waals surface area contributed by atoms with Crippen molar-refractivity contribution in [3.8, 4) is 0 Å². The molecule has 1 aromatic rings. The Balaban J connectivity index is 0.00000161. The first-order valence-corrected chi connectivity index (χ1v) is 8.56. The first kappa shape index (κ1) is 16.7. The largest absolute Gasteiger partial charge is 0.329 e. The maximum atomic E-state index is 12.8. The van der Waals surface area contributed by atoms with E-state index in [9.17, 15) is 8.42 Å². The lowest BCUT2D eigenvalue weighted by Crippen LogP contribution is -2.49. The zero-order chi connectivity index (χ0) is 14.2. The monoisotopic (exact) mass is 331 g/mol. The number of nitrogens with zero attached hydrogens (tertiary/aromatic N) is 2. The number of benzene rings is 1. The van der Waals surface area contributed by atoms with E-state index in [1.807, 2.05) is 18.2 Å². The van der Waals surface area contributed by atoms with E-state index in [4.69, 9.17) is 5.73 Å². The van der Waals surface area contributed by atoms with Gasteiger partial charge in [-0.2, -0.15) is 17.0 Å². The van der Waals surface area contributed by atoms with Gasteiger partial charge in [-0.05, 0) is 30.4 Å². The summed E-state index contributed by atoms with van der Waals surface area (Å²) in [5, 5.41) is 0. The third-order valence-corrected chi connectivity index (χ3v) is 6.35. The van der Waals surface area contributed by atoms with Crippen LogP contribution in [-0.2, 0) is 23.2 Å². The summed E-state index contributed by atoms with van der Waals surface area (Å²) in [7, 11) is -3.38. The molecule has 2 aliphatic heterocycles. The van der Waals surface area contributed by atoms with Crippen molar-refractivity contribution in [2.24, 2.45) is 5.73 Å². The highest BCUT2D eigenvalue weighted by Crippen LogP contribution is 2.27. The van der Waals surface area contributed by atoms with Gasteiger partial charge in [0.05, 0.1) is 0 Å². The van der Waals surface area contributed by atoms with Crippen LogP contribution >= 0.6 is 12.4 Å². The number of hydrogen-bond acceptors (Lipinski definition) is 3. The van der Waals surface area contributed by atoms with Gasteiger partial charge >= 0.3 is 0 Å². The van der Waals surface area contributed by atoms with Crippen LogP contribution in [-0.4, -0.2) is 42.7 Å². The number of rotatable bonds is 3. The molecule has 7 heteroatoms. The summed E-state index contributed by atoms with van der Waals surface area (Å²) in [6, 6.07) is 8.04. The maximum Gasteiger partial charge on any atom is 0.282 e. The molecule has 1 fully saturated rings. The molecule has 21 heavy (non-hydrogen) atoms. The Morgan fingerprint density at radius 2 is 1.90 bits per heavy atom. The second-order valence-corrected chi connectivity index (χ2v) is 7.38. The molecule has 2 N–H and O–H groups in total. The van der Waals surface area contributed by atoms with Gasteiger partial charge in [-0.25, -0.2) is 0 Å². The Morgan fingerprint density at radius 3 is 2.62 bits per heavy atom. The third-order valence-electron chi connectivity index (χ3n) is 4.31. The van der Waals surface area contributed by atoms with Crippen molar-refractivity contribution in [1.29, 1.82) is 0 Å². The van der Waals surface area contributed by atoms with Crippen molar-refractivity contribution in [3.63, 3.8) is 0 Å². The number of nitrogens with two attached hydrogens (primary N) is 1. The third kappa shape index (κ3) is 3.10. The van der Waals surface area contributed by atoms with Crippen LogP contribution in [0.4, 0.5) is 0 Å². The van der Waals surface area contributed by atoms with E-state index in [2.05, 4.69) is 6.07 Å². The molecular formula is C14H22ClN3O2S. The average Bonchev–Trinajstić information content (AvgIpc) is 2.96. The molecule has 1 atom stereocenters. The smallest absolute Gasteiger partial charge is 0.282 e. The Labute approximate surface area is 132 Å². The Bertz CT molecular complexity index is 594. The molecule has 2 aliphatic rings. The van der Waals surface area contributed by atoms with E-state index >= 15 is 0 Å². The highest BCUT2D eigenvalue weighted by Gasteiger charge is 2.38. The van der Waals surface area contributed by atoms with Gasteiger partial charge in [0.25, 0.3) is 10.2 Å². The van der Waals surface area contributed by atoms with Gasteiger partial charge in [-0.15, -0.1) is 12.4 Å². The predicted molar refractivity (Wildman–Crippen MR) is 85.5 cm³/mol. The van der Waals surface area contributed by atoms with Crippen molar-refractivity contribution in [2.75, 3.05) is 19.6 Å². The van der Waals surface area contributed by atoms with Gasteiger partial charge in [0.15, 0.2) is 0 Å². The second-order valence-electron chi connectivity index (χ2n) is 5.50. The van der Waals surface area contributed by atoms with Crippen LogP contribution in [0, 0.1) is 0 Å². The first-order chi connectivity index (χ1) is 9.63. The summed E-state index contributed by atoms with van der Waals surface area (Å²) < 4.78 is 28.7. The van der Waals surface area contributed by atoms with Crippen LogP contribution in [0.5, 0.6) is 0 Å². The van der Waals surface area contributed by atoms with Crippen molar-refractivity contribution in [1.82, 2.24) is 8.61 Å². The van der Waals surface area contributed by atoms with E-state index in [1.54, 1.807) is 8.61 Å². The fraction of sp³-hybridized carbons (Fsp3) is 0.571. The minimum atomic E-state index is -3.38. The number of halogens is 1. The van der Waals surface area contributed by atoms with Crippen LogP contribution in [0.3, 0.4) is 0 Å². The van der Waals surface area contributed by atoms with Gasteiger partial charge in [-0.3, -0.25) is 0 Å². The SMILES string of the molecule is Cl.NCC1CCCN1S(=O)(=O)N1CCc2ccccc2C1. The fourth-order valence-electron chi connectivity index (χ4n) is 3.16. The molecule has 118 valence electrons. The predicted octanol–water partition coefficient (Wildman–Crippen LogP) is 1.13. The molecule has 0 aliphatic carbocycles. The van der Waals surface area contributed by atoms with E-state index in [1.165, 1.54) is 5.56 Å². The lowest BCUT2D eigenvalue weighted by molar-refractivity contribution is 0.316. The molecule has 0 amide bonds. The lowest BCUT2D eigenvalue weighted by atomic mass is 10.0. The number of fused-ring (bicyclic) bond motifs is 1. The van der Waals surface area contributed by atoms with Gasteiger partial charge < -0.3 is 5.73 Å². The van der Waals surface area contributed by atoms with Crippen LogP contribution in [0.1, 0.15) is 24.0 Å². The van der Waals surface area contributed by atoms with E-state index in [0.717, 1.165) is 24.8 Å². The van der Waals surface area contributed by atoms with Gasteiger partial charge in [0, 0.05) is 32.2 Å². The summed E-state index contributed by atoms with van der Waals surface area (Å²) in [4.78, 5) is 0. The molecule has 1 unspecified atom stereocenters. The normalized spacial score (nSPS) is 23.6. The zero-order valence-corrected chi connectivity index (χ0v) is 13.6. The highest BCUT2D eigenvalue weighted by atomic mass is 35.5. The molecule has 0 aromatic heterocycles. The van der Waals surface area contributed by atoms with Gasteiger partial charge in [0.2, 0.25) is 0 Å².